The molecule has 23 heavy (non-hydrogen) atoms. The maximum absolute atomic E-state index is 12.5. The van der Waals surface area contributed by atoms with Gasteiger partial charge in [0.15, 0.2) is 0 Å². The first-order chi connectivity index (χ1) is 10.9. The molecule has 1 aromatic heterocycles. The molecule has 3 rings (SSSR count). The molecule has 2 aromatic rings. The third-order valence-corrected chi connectivity index (χ3v) is 3.93. The molecule has 8 nitrogen and oxygen atoms in total. The van der Waals surface area contributed by atoms with Crippen LogP contribution in [0.5, 0.6) is 0 Å². The SMILES string of the molecule is CC(=O)Nc1ccc2c(c1)n(C)c(=O)n2C1CCC(=O)NC1=O. The topological polar surface area (TPSA) is 102 Å². The second kappa shape index (κ2) is 5.38. The van der Waals surface area contributed by atoms with E-state index in [-0.39, 0.29) is 30.3 Å². The lowest BCUT2D eigenvalue weighted by Crippen LogP contribution is -2.44. The fraction of sp³-hybridized carbons (Fsp3) is 0.333. The Balaban J connectivity index is 2.13. The van der Waals surface area contributed by atoms with Crippen LogP contribution in [-0.4, -0.2) is 26.9 Å². The average molecular weight is 316 g/mol. The van der Waals surface area contributed by atoms with E-state index in [4.69, 9.17) is 0 Å². The van der Waals surface area contributed by atoms with Gasteiger partial charge in [-0.3, -0.25) is 28.8 Å². The summed E-state index contributed by atoms with van der Waals surface area (Å²) in [6.07, 6.45) is 0.486. The van der Waals surface area contributed by atoms with E-state index in [1.54, 1.807) is 25.2 Å². The third kappa shape index (κ3) is 2.52. The normalized spacial score (nSPS) is 18.1. The Kier molecular flexibility index (Phi) is 3.51. The first-order valence-electron chi connectivity index (χ1n) is 7.20. The van der Waals surface area contributed by atoms with E-state index in [0.29, 0.717) is 16.7 Å². The number of nitrogens with zero attached hydrogens (tertiary/aromatic N) is 2. The fourth-order valence-electron chi connectivity index (χ4n) is 2.87. The fourth-order valence-corrected chi connectivity index (χ4v) is 2.87. The van der Waals surface area contributed by atoms with Gasteiger partial charge >= 0.3 is 5.69 Å². The van der Waals surface area contributed by atoms with Crippen LogP contribution < -0.4 is 16.3 Å². The van der Waals surface area contributed by atoms with E-state index in [9.17, 15) is 19.2 Å². The lowest BCUT2D eigenvalue weighted by molar-refractivity contribution is -0.135. The Hall–Kier alpha value is -2.90. The minimum atomic E-state index is -0.712. The van der Waals surface area contributed by atoms with Crippen LogP contribution in [0.4, 0.5) is 5.69 Å². The van der Waals surface area contributed by atoms with Crippen molar-refractivity contribution in [1.29, 1.82) is 0 Å². The van der Waals surface area contributed by atoms with E-state index in [2.05, 4.69) is 10.6 Å². The molecule has 1 aromatic carbocycles. The number of hydrogen-bond acceptors (Lipinski definition) is 4. The molecule has 8 heteroatoms. The molecule has 120 valence electrons. The maximum atomic E-state index is 12.5. The van der Waals surface area contributed by atoms with E-state index < -0.39 is 11.9 Å². The van der Waals surface area contributed by atoms with E-state index in [1.807, 2.05) is 0 Å². The van der Waals surface area contributed by atoms with Crippen molar-refractivity contribution in [3.8, 4) is 0 Å². The first kappa shape index (κ1) is 15.0. The highest BCUT2D eigenvalue weighted by atomic mass is 16.2. The molecule has 0 radical (unpaired) electrons. The number of imidazole rings is 1. The molecule has 1 fully saturated rings. The number of carbonyl (C=O) groups is 3. The second-order valence-corrected chi connectivity index (χ2v) is 5.56. The number of fused-ring (bicyclic) bond motifs is 1. The highest BCUT2D eigenvalue weighted by molar-refractivity contribution is 6.00. The van der Waals surface area contributed by atoms with Crippen LogP contribution in [0.25, 0.3) is 11.0 Å². The van der Waals surface area contributed by atoms with Gasteiger partial charge in [0.2, 0.25) is 17.7 Å². The molecule has 0 bridgehead atoms. The number of amides is 3. The van der Waals surface area contributed by atoms with Gasteiger partial charge in [-0.05, 0) is 24.6 Å². The summed E-state index contributed by atoms with van der Waals surface area (Å²) in [4.78, 5) is 47.0. The average Bonchev–Trinajstić information content (AvgIpc) is 2.71. The molecule has 1 aliphatic rings. The van der Waals surface area contributed by atoms with Gasteiger partial charge in [-0.15, -0.1) is 0 Å². The minimum Gasteiger partial charge on any atom is -0.326 e. The van der Waals surface area contributed by atoms with Crippen LogP contribution in [0, 0.1) is 0 Å². The largest absolute Gasteiger partial charge is 0.329 e. The molecule has 0 spiro atoms. The number of carbonyl (C=O) groups excluding carboxylic acids is 3. The summed E-state index contributed by atoms with van der Waals surface area (Å²) in [5.74, 6) is -1.01. The Morgan fingerprint density at radius 3 is 2.65 bits per heavy atom. The number of anilines is 1. The van der Waals surface area contributed by atoms with Crippen LogP contribution in [0.3, 0.4) is 0 Å². The zero-order chi connectivity index (χ0) is 16.7. The highest BCUT2D eigenvalue weighted by Crippen LogP contribution is 2.24. The van der Waals surface area contributed by atoms with Gasteiger partial charge in [0.25, 0.3) is 0 Å². The minimum absolute atomic E-state index is 0.198. The molecule has 1 atom stereocenters. The number of nitrogens with one attached hydrogen (secondary N) is 2. The van der Waals surface area contributed by atoms with E-state index >= 15 is 0 Å². The Labute approximate surface area is 131 Å². The Morgan fingerprint density at radius 2 is 2.00 bits per heavy atom. The number of hydrogen-bond donors (Lipinski definition) is 2. The number of benzene rings is 1. The van der Waals surface area contributed by atoms with Crippen LogP contribution in [0.2, 0.25) is 0 Å². The van der Waals surface area contributed by atoms with Crippen molar-refractivity contribution in [3.63, 3.8) is 0 Å². The molecule has 0 saturated carbocycles. The molecular weight excluding hydrogens is 300 g/mol. The third-order valence-electron chi connectivity index (χ3n) is 3.93. The van der Waals surface area contributed by atoms with Crippen LogP contribution in [0.15, 0.2) is 23.0 Å². The number of aryl methyl sites for hydroxylation is 1. The van der Waals surface area contributed by atoms with Gasteiger partial charge < -0.3 is 5.32 Å². The number of imide groups is 1. The van der Waals surface area contributed by atoms with Gasteiger partial charge in [-0.1, -0.05) is 0 Å². The van der Waals surface area contributed by atoms with E-state index in [0.717, 1.165) is 0 Å². The van der Waals surface area contributed by atoms with Crippen molar-refractivity contribution < 1.29 is 14.4 Å². The zero-order valence-electron chi connectivity index (χ0n) is 12.8. The summed E-state index contributed by atoms with van der Waals surface area (Å²) < 4.78 is 2.82. The monoisotopic (exact) mass is 316 g/mol. The summed E-state index contributed by atoms with van der Waals surface area (Å²) in [6, 6.07) is 4.33. The number of aromatic nitrogens is 2. The number of rotatable bonds is 2. The standard InChI is InChI=1S/C15H16N4O4/c1-8(20)16-9-3-4-10-12(7-9)18(2)15(23)19(10)11-5-6-13(21)17-14(11)22/h3-4,7,11H,5-6H2,1-2H3,(H,16,20)(H,17,21,22). The van der Waals surface area contributed by atoms with Gasteiger partial charge in [0.1, 0.15) is 6.04 Å². The molecule has 1 aliphatic heterocycles. The molecular formula is C15H16N4O4. The lowest BCUT2D eigenvalue weighted by Gasteiger charge is -2.21. The van der Waals surface area contributed by atoms with Gasteiger partial charge in [-0.25, -0.2) is 4.79 Å². The predicted molar refractivity (Wildman–Crippen MR) is 82.9 cm³/mol. The summed E-state index contributed by atoms with van der Waals surface area (Å²) in [6.45, 7) is 1.40. The van der Waals surface area contributed by atoms with E-state index in [1.165, 1.54) is 16.1 Å². The van der Waals surface area contributed by atoms with Crippen molar-refractivity contribution >= 4 is 34.4 Å². The summed E-state index contributed by atoms with van der Waals surface area (Å²) in [5, 5.41) is 4.92. The zero-order valence-corrected chi connectivity index (χ0v) is 12.8. The van der Waals surface area contributed by atoms with Gasteiger partial charge in [0, 0.05) is 26.1 Å². The van der Waals surface area contributed by atoms with Crippen molar-refractivity contribution in [1.82, 2.24) is 14.5 Å². The van der Waals surface area contributed by atoms with Gasteiger partial charge in [-0.2, -0.15) is 0 Å². The van der Waals surface area contributed by atoms with Crippen molar-refractivity contribution in [2.24, 2.45) is 7.05 Å². The van der Waals surface area contributed by atoms with Crippen LogP contribution in [-0.2, 0) is 21.4 Å². The smallest absolute Gasteiger partial charge is 0.326 e. The van der Waals surface area contributed by atoms with Gasteiger partial charge in [0.05, 0.1) is 11.0 Å². The molecule has 2 heterocycles. The molecule has 1 saturated heterocycles. The summed E-state index contributed by atoms with van der Waals surface area (Å²) in [5.41, 5.74) is 1.42. The molecule has 0 aliphatic carbocycles. The lowest BCUT2D eigenvalue weighted by atomic mass is 10.1. The van der Waals surface area contributed by atoms with Crippen LogP contribution >= 0.6 is 0 Å². The first-order valence-corrected chi connectivity index (χ1v) is 7.20. The predicted octanol–water partition coefficient (Wildman–Crippen LogP) is 0.276. The van der Waals surface area contributed by atoms with Crippen molar-refractivity contribution in [2.45, 2.75) is 25.8 Å². The molecule has 3 amide bonds. The Bertz CT molecular complexity index is 893. The van der Waals surface area contributed by atoms with Crippen molar-refractivity contribution in [2.75, 3.05) is 5.32 Å². The van der Waals surface area contributed by atoms with Crippen molar-refractivity contribution in [3.05, 3.63) is 28.7 Å². The maximum Gasteiger partial charge on any atom is 0.329 e. The summed E-state index contributed by atoms with van der Waals surface area (Å²) in [7, 11) is 1.60. The second-order valence-electron chi connectivity index (χ2n) is 5.56. The number of piperidine rings is 1. The summed E-state index contributed by atoms with van der Waals surface area (Å²) >= 11 is 0. The quantitative estimate of drug-likeness (QED) is 0.777. The Morgan fingerprint density at radius 1 is 1.26 bits per heavy atom. The van der Waals surface area contributed by atoms with Crippen LogP contribution in [0.1, 0.15) is 25.8 Å². The highest BCUT2D eigenvalue weighted by Gasteiger charge is 2.31. The molecule has 2 N–H and O–H groups in total. The molecule has 1 unspecified atom stereocenters.